The molecule has 0 aliphatic carbocycles. The highest BCUT2D eigenvalue weighted by Gasteiger charge is 2.31. The second-order valence-electron chi connectivity index (χ2n) is 5.21. The van der Waals surface area contributed by atoms with Crippen LogP contribution in [-0.2, 0) is 0 Å². The lowest BCUT2D eigenvalue weighted by molar-refractivity contribution is 0.199. The highest BCUT2D eigenvalue weighted by atomic mass is 15.2. The Morgan fingerprint density at radius 2 is 1.89 bits per heavy atom. The highest BCUT2D eigenvalue weighted by molar-refractivity contribution is 5.48. The number of nitrogens with one attached hydrogen (secondary N) is 1. The molecule has 0 bridgehead atoms. The van der Waals surface area contributed by atoms with Crippen molar-refractivity contribution >= 4 is 11.6 Å². The smallest absolute Gasteiger partial charge is 0.134 e. The van der Waals surface area contributed by atoms with Crippen molar-refractivity contribution < 1.29 is 0 Å². The number of hydrogen-bond acceptors (Lipinski definition) is 4. The van der Waals surface area contributed by atoms with E-state index in [0.29, 0.717) is 5.41 Å². The van der Waals surface area contributed by atoms with Gasteiger partial charge >= 0.3 is 0 Å². The van der Waals surface area contributed by atoms with E-state index in [1.54, 1.807) is 6.33 Å². The number of hydrogen-bond donors (Lipinski definition) is 1. The van der Waals surface area contributed by atoms with E-state index in [1.165, 1.54) is 25.7 Å². The molecule has 0 radical (unpaired) electrons. The summed E-state index contributed by atoms with van der Waals surface area (Å²) in [6.07, 6.45) is 6.78. The molecule has 1 fully saturated rings. The van der Waals surface area contributed by atoms with Gasteiger partial charge in [-0.25, -0.2) is 9.97 Å². The van der Waals surface area contributed by atoms with Crippen LogP contribution in [0.1, 0.15) is 39.5 Å². The third-order valence-electron chi connectivity index (χ3n) is 4.56. The van der Waals surface area contributed by atoms with Crippen molar-refractivity contribution in [3.63, 3.8) is 0 Å². The molecule has 0 amide bonds. The molecule has 100 valence electrons. The van der Waals surface area contributed by atoms with E-state index in [0.717, 1.165) is 24.7 Å². The van der Waals surface area contributed by atoms with E-state index in [1.807, 2.05) is 13.1 Å². The maximum Gasteiger partial charge on any atom is 0.134 e. The van der Waals surface area contributed by atoms with Gasteiger partial charge in [0.25, 0.3) is 0 Å². The molecule has 0 spiro atoms. The van der Waals surface area contributed by atoms with E-state index in [9.17, 15) is 0 Å². The molecule has 1 saturated heterocycles. The molecule has 1 aromatic rings. The van der Waals surface area contributed by atoms with Crippen LogP contribution in [0, 0.1) is 5.41 Å². The van der Waals surface area contributed by atoms with Crippen LogP contribution >= 0.6 is 0 Å². The first-order valence-electron chi connectivity index (χ1n) is 6.98. The van der Waals surface area contributed by atoms with Gasteiger partial charge in [0.05, 0.1) is 0 Å². The summed E-state index contributed by atoms with van der Waals surface area (Å²) < 4.78 is 0. The van der Waals surface area contributed by atoms with Crippen molar-refractivity contribution in [1.29, 1.82) is 0 Å². The van der Waals surface area contributed by atoms with Gasteiger partial charge in [-0.1, -0.05) is 26.7 Å². The maximum absolute atomic E-state index is 4.39. The summed E-state index contributed by atoms with van der Waals surface area (Å²) in [6, 6.07) is 2.03. The van der Waals surface area contributed by atoms with Crippen LogP contribution in [0.5, 0.6) is 0 Å². The van der Waals surface area contributed by atoms with Crippen molar-refractivity contribution in [3.8, 4) is 0 Å². The Labute approximate surface area is 110 Å². The fourth-order valence-corrected chi connectivity index (χ4v) is 2.82. The predicted octanol–water partition coefficient (Wildman–Crippen LogP) is 2.92. The van der Waals surface area contributed by atoms with E-state index in [2.05, 4.69) is 34.0 Å². The number of piperidine rings is 1. The second kappa shape index (κ2) is 5.55. The molecule has 0 unspecified atom stereocenters. The zero-order valence-electron chi connectivity index (χ0n) is 11.7. The summed E-state index contributed by atoms with van der Waals surface area (Å²) in [5, 5.41) is 3.07. The van der Waals surface area contributed by atoms with Crippen molar-refractivity contribution in [2.24, 2.45) is 5.41 Å². The normalized spacial score (nSPS) is 18.7. The van der Waals surface area contributed by atoms with Crippen LogP contribution in [0.4, 0.5) is 11.6 Å². The van der Waals surface area contributed by atoms with Crippen LogP contribution in [0.15, 0.2) is 12.4 Å². The van der Waals surface area contributed by atoms with Crippen LogP contribution in [-0.4, -0.2) is 30.1 Å². The molecule has 0 saturated carbocycles. The molecule has 2 rings (SSSR count). The molecule has 1 aliphatic rings. The third-order valence-corrected chi connectivity index (χ3v) is 4.56. The molecule has 0 aromatic carbocycles. The Morgan fingerprint density at radius 3 is 2.44 bits per heavy atom. The van der Waals surface area contributed by atoms with Gasteiger partial charge in [-0.15, -0.1) is 0 Å². The van der Waals surface area contributed by atoms with E-state index < -0.39 is 0 Å². The molecular weight excluding hydrogens is 224 g/mol. The molecular formula is C14H24N4. The van der Waals surface area contributed by atoms with Gasteiger partial charge in [-0.2, -0.15) is 0 Å². The minimum absolute atomic E-state index is 0.565. The van der Waals surface area contributed by atoms with Gasteiger partial charge in [0, 0.05) is 26.2 Å². The first-order valence-corrected chi connectivity index (χ1v) is 6.98. The lowest BCUT2D eigenvalue weighted by Gasteiger charge is -2.41. The zero-order valence-corrected chi connectivity index (χ0v) is 11.7. The summed E-state index contributed by atoms with van der Waals surface area (Å²) in [5.74, 6) is 1.94. The van der Waals surface area contributed by atoms with Crippen molar-refractivity contribution in [2.75, 3.05) is 30.4 Å². The Hall–Kier alpha value is -1.32. The molecule has 4 nitrogen and oxygen atoms in total. The highest BCUT2D eigenvalue weighted by Crippen LogP contribution is 2.38. The van der Waals surface area contributed by atoms with Gasteiger partial charge in [0.1, 0.15) is 18.0 Å². The molecule has 1 aromatic heterocycles. The maximum atomic E-state index is 4.39. The lowest BCUT2D eigenvalue weighted by Crippen LogP contribution is -2.40. The largest absolute Gasteiger partial charge is 0.373 e. The summed E-state index contributed by atoms with van der Waals surface area (Å²) >= 11 is 0. The second-order valence-corrected chi connectivity index (χ2v) is 5.21. The predicted molar refractivity (Wildman–Crippen MR) is 76.0 cm³/mol. The van der Waals surface area contributed by atoms with Crippen LogP contribution in [0.25, 0.3) is 0 Å². The summed E-state index contributed by atoms with van der Waals surface area (Å²) in [6.45, 7) is 6.87. The first kappa shape index (κ1) is 13.1. The molecule has 4 heteroatoms. The van der Waals surface area contributed by atoms with Crippen LogP contribution in [0.3, 0.4) is 0 Å². The number of rotatable bonds is 4. The molecule has 2 heterocycles. The van der Waals surface area contributed by atoms with Gasteiger partial charge in [0.2, 0.25) is 0 Å². The van der Waals surface area contributed by atoms with Crippen LogP contribution in [0.2, 0.25) is 0 Å². The number of nitrogens with zero attached hydrogens (tertiary/aromatic N) is 3. The van der Waals surface area contributed by atoms with E-state index in [4.69, 9.17) is 0 Å². The lowest BCUT2D eigenvalue weighted by atomic mass is 9.74. The molecule has 0 atom stereocenters. The summed E-state index contributed by atoms with van der Waals surface area (Å²) in [4.78, 5) is 10.9. The van der Waals surface area contributed by atoms with Crippen molar-refractivity contribution in [1.82, 2.24) is 9.97 Å². The molecule has 18 heavy (non-hydrogen) atoms. The monoisotopic (exact) mass is 248 g/mol. The summed E-state index contributed by atoms with van der Waals surface area (Å²) in [7, 11) is 1.89. The summed E-state index contributed by atoms with van der Waals surface area (Å²) in [5.41, 5.74) is 0.565. The minimum atomic E-state index is 0.565. The zero-order chi connectivity index (χ0) is 13.0. The molecule has 1 N–H and O–H groups in total. The van der Waals surface area contributed by atoms with E-state index >= 15 is 0 Å². The standard InChI is InChI=1S/C14H24N4/c1-4-14(5-2)6-8-18(9-7-14)13-10-12(15-3)16-11-17-13/h10-11H,4-9H2,1-3H3,(H,15,16,17). The quantitative estimate of drug-likeness (QED) is 0.889. The average Bonchev–Trinajstić information content (AvgIpc) is 2.47. The minimum Gasteiger partial charge on any atom is -0.373 e. The fraction of sp³-hybridized carbons (Fsp3) is 0.714. The Kier molecular flexibility index (Phi) is 4.04. The first-order chi connectivity index (χ1) is 8.73. The van der Waals surface area contributed by atoms with Crippen molar-refractivity contribution in [3.05, 3.63) is 12.4 Å². The number of aromatic nitrogens is 2. The Bertz CT molecular complexity index is 377. The SMILES string of the molecule is CCC1(CC)CCN(c2cc(NC)ncn2)CC1. The van der Waals surface area contributed by atoms with Gasteiger partial charge < -0.3 is 10.2 Å². The average molecular weight is 248 g/mol. The molecule has 1 aliphatic heterocycles. The Morgan fingerprint density at radius 1 is 1.22 bits per heavy atom. The van der Waals surface area contributed by atoms with Crippen molar-refractivity contribution in [2.45, 2.75) is 39.5 Å². The fourth-order valence-electron chi connectivity index (χ4n) is 2.82. The number of anilines is 2. The van der Waals surface area contributed by atoms with Gasteiger partial charge in [-0.3, -0.25) is 0 Å². The topological polar surface area (TPSA) is 41.0 Å². The van der Waals surface area contributed by atoms with Gasteiger partial charge in [0.15, 0.2) is 0 Å². The van der Waals surface area contributed by atoms with E-state index in [-0.39, 0.29) is 0 Å². The Balaban J connectivity index is 2.04. The van der Waals surface area contributed by atoms with Gasteiger partial charge in [-0.05, 0) is 18.3 Å². The third kappa shape index (κ3) is 2.57. The van der Waals surface area contributed by atoms with Crippen LogP contribution < -0.4 is 10.2 Å².